The first-order valence-corrected chi connectivity index (χ1v) is 7.43. The van der Waals surface area contributed by atoms with E-state index in [9.17, 15) is 0 Å². The zero-order valence-electron chi connectivity index (χ0n) is 12.8. The van der Waals surface area contributed by atoms with Crippen molar-refractivity contribution < 1.29 is 0 Å². The van der Waals surface area contributed by atoms with Crippen molar-refractivity contribution in [3.63, 3.8) is 0 Å². The van der Waals surface area contributed by atoms with E-state index in [-0.39, 0.29) is 6.04 Å². The molecule has 1 unspecified atom stereocenters. The number of aromatic nitrogens is 2. The second-order valence-electron chi connectivity index (χ2n) is 5.35. The standard InChI is InChI=1S/C18H21N3/c1-4-21-17(11-13(2)20-21)18(19-3)16-10-9-14-7-5-6-8-15(14)12-16/h5-12,18-19H,4H2,1-3H3. The van der Waals surface area contributed by atoms with Gasteiger partial charge in [-0.25, -0.2) is 0 Å². The topological polar surface area (TPSA) is 29.9 Å². The van der Waals surface area contributed by atoms with Gasteiger partial charge >= 0.3 is 0 Å². The minimum atomic E-state index is 0.163. The van der Waals surface area contributed by atoms with Gasteiger partial charge in [-0.2, -0.15) is 5.10 Å². The first-order valence-electron chi connectivity index (χ1n) is 7.43. The summed E-state index contributed by atoms with van der Waals surface area (Å²) < 4.78 is 2.08. The van der Waals surface area contributed by atoms with E-state index in [1.807, 2.05) is 14.0 Å². The molecular formula is C18H21N3. The number of nitrogens with one attached hydrogen (secondary N) is 1. The van der Waals surface area contributed by atoms with Crippen molar-refractivity contribution in [1.29, 1.82) is 0 Å². The van der Waals surface area contributed by atoms with Crippen molar-refractivity contribution in [2.75, 3.05) is 7.05 Å². The number of benzene rings is 2. The quantitative estimate of drug-likeness (QED) is 0.789. The van der Waals surface area contributed by atoms with E-state index in [1.165, 1.54) is 22.0 Å². The van der Waals surface area contributed by atoms with Gasteiger partial charge in [0.25, 0.3) is 0 Å². The van der Waals surface area contributed by atoms with Crippen molar-refractivity contribution in [2.45, 2.75) is 26.4 Å². The summed E-state index contributed by atoms with van der Waals surface area (Å²) >= 11 is 0. The third kappa shape index (κ3) is 2.57. The number of hydrogen-bond acceptors (Lipinski definition) is 2. The average molecular weight is 279 g/mol. The second kappa shape index (κ2) is 5.70. The third-order valence-electron chi connectivity index (χ3n) is 3.92. The Morgan fingerprint density at radius 2 is 1.86 bits per heavy atom. The molecule has 0 aliphatic heterocycles. The lowest BCUT2D eigenvalue weighted by atomic mass is 9.99. The average Bonchev–Trinajstić information content (AvgIpc) is 2.89. The normalized spacial score (nSPS) is 12.7. The highest BCUT2D eigenvalue weighted by Crippen LogP contribution is 2.26. The minimum absolute atomic E-state index is 0.163. The van der Waals surface area contributed by atoms with Gasteiger partial charge < -0.3 is 5.32 Å². The highest BCUT2D eigenvalue weighted by atomic mass is 15.3. The Kier molecular flexibility index (Phi) is 3.76. The van der Waals surface area contributed by atoms with Crippen molar-refractivity contribution in [1.82, 2.24) is 15.1 Å². The molecule has 108 valence electrons. The maximum atomic E-state index is 4.56. The Hall–Kier alpha value is -2.13. The molecule has 1 N–H and O–H groups in total. The fourth-order valence-electron chi connectivity index (χ4n) is 2.92. The lowest BCUT2D eigenvalue weighted by Gasteiger charge is -2.18. The van der Waals surface area contributed by atoms with Crippen LogP contribution < -0.4 is 5.32 Å². The largest absolute Gasteiger partial charge is 0.308 e. The van der Waals surface area contributed by atoms with Crippen LogP contribution in [0.25, 0.3) is 10.8 Å². The van der Waals surface area contributed by atoms with Crippen LogP contribution in [0, 0.1) is 6.92 Å². The van der Waals surface area contributed by atoms with Crippen LogP contribution in [0.1, 0.15) is 29.9 Å². The summed E-state index contributed by atoms with van der Waals surface area (Å²) in [4.78, 5) is 0. The molecule has 3 nitrogen and oxygen atoms in total. The second-order valence-corrected chi connectivity index (χ2v) is 5.35. The van der Waals surface area contributed by atoms with Gasteiger partial charge in [0.15, 0.2) is 0 Å². The molecule has 0 fully saturated rings. The molecule has 1 atom stereocenters. The summed E-state index contributed by atoms with van der Waals surface area (Å²) in [5.41, 5.74) is 3.55. The van der Waals surface area contributed by atoms with Crippen molar-refractivity contribution in [2.24, 2.45) is 0 Å². The van der Waals surface area contributed by atoms with Crippen LogP contribution in [-0.2, 0) is 6.54 Å². The third-order valence-corrected chi connectivity index (χ3v) is 3.92. The van der Waals surface area contributed by atoms with Gasteiger partial charge in [-0.3, -0.25) is 4.68 Å². The highest BCUT2D eigenvalue weighted by Gasteiger charge is 2.17. The molecule has 1 heterocycles. The molecule has 0 saturated heterocycles. The van der Waals surface area contributed by atoms with Crippen LogP contribution in [0.5, 0.6) is 0 Å². The maximum absolute atomic E-state index is 4.56. The van der Waals surface area contributed by atoms with Crippen molar-refractivity contribution in [3.8, 4) is 0 Å². The van der Waals surface area contributed by atoms with E-state index in [0.29, 0.717) is 0 Å². The number of nitrogens with zero attached hydrogens (tertiary/aromatic N) is 2. The predicted octanol–water partition coefficient (Wildman–Crippen LogP) is 3.67. The van der Waals surface area contributed by atoms with E-state index in [2.05, 4.69) is 70.6 Å². The van der Waals surface area contributed by atoms with Crippen LogP contribution in [0.4, 0.5) is 0 Å². The van der Waals surface area contributed by atoms with Gasteiger partial charge in [-0.05, 0) is 49.4 Å². The van der Waals surface area contributed by atoms with Crippen LogP contribution in [0.15, 0.2) is 48.5 Å². The summed E-state index contributed by atoms with van der Waals surface area (Å²) in [6.07, 6.45) is 0. The lowest BCUT2D eigenvalue weighted by molar-refractivity contribution is 0.561. The van der Waals surface area contributed by atoms with Crippen LogP contribution in [-0.4, -0.2) is 16.8 Å². The number of rotatable bonds is 4. The van der Waals surface area contributed by atoms with Gasteiger partial charge in [0.2, 0.25) is 0 Å². The van der Waals surface area contributed by atoms with E-state index in [1.54, 1.807) is 0 Å². The first-order chi connectivity index (χ1) is 10.2. The van der Waals surface area contributed by atoms with E-state index in [0.717, 1.165) is 12.2 Å². The van der Waals surface area contributed by atoms with E-state index in [4.69, 9.17) is 0 Å². The van der Waals surface area contributed by atoms with Gasteiger partial charge in [-0.15, -0.1) is 0 Å². The van der Waals surface area contributed by atoms with Crippen LogP contribution in [0.2, 0.25) is 0 Å². The van der Waals surface area contributed by atoms with E-state index >= 15 is 0 Å². The summed E-state index contributed by atoms with van der Waals surface area (Å²) in [5, 5.41) is 10.5. The molecule has 0 spiro atoms. The number of fused-ring (bicyclic) bond motifs is 1. The SMILES string of the molecule is CCn1nc(C)cc1C(NC)c1ccc2ccccc2c1. The molecular weight excluding hydrogens is 258 g/mol. The Morgan fingerprint density at radius 1 is 1.10 bits per heavy atom. The number of aryl methyl sites for hydroxylation is 2. The Labute approximate surface area is 125 Å². The Morgan fingerprint density at radius 3 is 2.57 bits per heavy atom. The first kappa shape index (κ1) is 13.8. The molecule has 21 heavy (non-hydrogen) atoms. The number of hydrogen-bond donors (Lipinski definition) is 1. The predicted molar refractivity (Wildman–Crippen MR) is 87.5 cm³/mol. The van der Waals surface area contributed by atoms with Crippen molar-refractivity contribution >= 4 is 10.8 Å². The molecule has 0 radical (unpaired) electrons. The summed E-state index contributed by atoms with van der Waals surface area (Å²) in [6, 6.07) is 17.4. The van der Waals surface area contributed by atoms with E-state index < -0.39 is 0 Å². The molecule has 2 aromatic carbocycles. The Bertz CT molecular complexity index is 758. The monoisotopic (exact) mass is 279 g/mol. The van der Waals surface area contributed by atoms with Gasteiger partial charge in [0.1, 0.15) is 0 Å². The molecule has 0 aliphatic carbocycles. The molecule has 1 aromatic heterocycles. The summed E-state index contributed by atoms with van der Waals surface area (Å²) in [5.74, 6) is 0. The van der Waals surface area contributed by atoms with Gasteiger partial charge in [0.05, 0.1) is 17.4 Å². The van der Waals surface area contributed by atoms with Gasteiger partial charge in [0, 0.05) is 6.54 Å². The summed E-state index contributed by atoms with van der Waals surface area (Å²) in [7, 11) is 2.00. The van der Waals surface area contributed by atoms with Gasteiger partial charge in [-0.1, -0.05) is 36.4 Å². The summed E-state index contributed by atoms with van der Waals surface area (Å²) in [6.45, 7) is 5.06. The van der Waals surface area contributed by atoms with Crippen molar-refractivity contribution in [3.05, 3.63) is 65.5 Å². The fourth-order valence-corrected chi connectivity index (χ4v) is 2.92. The maximum Gasteiger partial charge on any atom is 0.0746 e. The molecule has 0 bridgehead atoms. The molecule has 3 rings (SSSR count). The van der Waals surface area contributed by atoms with Crippen LogP contribution in [0.3, 0.4) is 0 Å². The zero-order chi connectivity index (χ0) is 14.8. The molecule has 3 aromatic rings. The minimum Gasteiger partial charge on any atom is -0.308 e. The molecule has 0 saturated carbocycles. The molecule has 3 heteroatoms. The smallest absolute Gasteiger partial charge is 0.0746 e. The lowest BCUT2D eigenvalue weighted by Crippen LogP contribution is -2.21. The zero-order valence-corrected chi connectivity index (χ0v) is 12.8. The Balaban J connectivity index is 2.08. The molecule has 0 aliphatic rings. The molecule has 0 amide bonds. The van der Waals surface area contributed by atoms with Crippen LogP contribution >= 0.6 is 0 Å². The fraction of sp³-hybridized carbons (Fsp3) is 0.278. The highest BCUT2D eigenvalue weighted by molar-refractivity contribution is 5.83.